The lowest BCUT2D eigenvalue weighted by Gasteiger charge is -2.15. The van der Waals surface area contributed by atoms with Gasteiger partial charge in [0.15, 0.2) is 0 Å². The lowest BCUT2D eigenvalue weighted by Crippen LogP contribution is -2.30. The highest BCUT2D eigenvalue weighted by molar-refractivity contribution is 6.31. The van der Waals surface area contributed by atoms with Gasteiger partial charge in [0.1, 0.15) is 6.54 Å². The van der Waals surface area contributed by atoms with Gasteiger partial charge in [-0.1, -0.05) is 41.9 Å². The van der Waals surface area contributed by atoms with E-state index in [0.29, 0.717) is 27.2 Å². The molecule has 118 valence electrons. The Morgan fingerprint density at radius 1 is 1.13 bits per heavy atom. The lowest BCUT2D eigenvalue weighted by molar-refractivity contribution is 0.0757. The summed E-state index contributed by atoms with van der Waals surface area (Å²) in [7, 11) is 0. The minimum atomic E-state index is -3.55. The molecule has 0 unspecified atom stereocenters. The molecule has 0 amide bonds. The SMILES string of the molecule is O=c1nc(-c2ccccc2)c2cc(Cl)ccc2n1CC(F)(F)Cl. The summed E-state index contributed by atoms with van der Waals surface area (Å²) in [6.45, 7) is -0.965. The molecule has 0 fully saturated rings. The van der Waals surface area contributed by atoms with Gasteiger partial charge in [-0.05, 0) is 29.8 Å². The van der Waals surface area contributed by atoms with E-state index in [4.69, 9.17) is 23.2 Å². The number of rotatable bonds is 3. The van der Waals surface area contributed by atoms with E-state index in [1.54, 1.807) is 30.3 Å². The zero-order valence-electron chi connectivity index (χ0n) is 11.6. The molecule has 2 aromatic carbocycles. The average Bonchev–Trinajstić information content (AvgIpc) is 2.49. The monoisotopic (exact) mass is 354 g/mol. The van der Waals surface area contributed by atoms with Gasteiger partial charge in [-0.2, -0.15) is 13.8 Å². The van der Waals surface area contributed by atoms with Gasteiger partial charge in [-0.25, -0.2) is 4.79 Å². The fraction of sp³-hybridized carbons (Fsp3) is 0.125. The molecule has 3 aromatic rings. The van der Waals surface area contributed by atoms with Crippen LogP contribution >= 0.6 is 23.2 Å². The van der Waals surface area contributed by atoms with Crippen molar-refractivity contribution in [1.29, 1.82) is 0 Å². The van der Waals surface area contributed by atoms with Crippen LogP contribution in [0.25, 0.3) is 22.2 Å². The van der Waals surface area contributed by atoms with E-state index in [1.807, 2.05) is 6.07 Å². The molecule has 0 spiro atoms. The summed E-state index contributed by atoms with van der Waals surface area (Å²) < 4.78 is 27.2. The third-order valence-corrected chi connectivity index (χ3v) is 3.68. The molecule has 7 heteroatoms. The Balaban J connectivity index is 2.34. The van der Waals surface area contributed by atoms with Crippen LogP contribution in [0.3, 0.4) is 0 Å². The Morgan fingerprint density at radius 3 is 2.48 bits per heavy atom. The Kier molecular flexibility index (Phi) is 4.08. The highest BCUT2D eigenvalue weighted by Crippen LogP contribution is 2.29. The minimum absolute atomic E-state index is 0.300. The second-order valence-corrected chi connectivity index (χ2v) is 5.96. The Morgan fingerprint density at radius 2 is 1.83 bits per heavy atom. The number of aromatic nitrogens is 2. The predicted molar refractivity (Wildman–Crippen MR) is 87.2 cm³/mol. The Bertz CT molecular complexity index is 921. The topological polar surface area (TPSA) is 34.9 Å². The van der Waals surface area contributed by atoms with Crippen LogP contribution in [0, 0.1) is 0 Å². The number of benzene rings is 2. The second kappa shape index (κ2) is 5.91. The van der Waals surface area contributed by atoms with Gasteiger partial charge < -0.3 is 0 Å². The highest BCUT2D eigenvalue weighted by Gasteiger charge is 2.27. The van der Waals surface area contributed by atoms with Crippen molar-refractivity contribution in [2.75, 3.05) is 0 Å². The van der Waals surface area contributed by atoms with Crippen molar-refractivity contribution in [1.82, 2.24) is 9.55 Å². The first-order valence-electron chi connectivity index (χ1n) is 6.67. The first kappa shape index (κ1) is 15.9. The van der Waals surface area contributed by atoms with Crippen molar-refractivity contribution in [2.45, 2.75) is 11.9 Å². The number of alkyl halides is 3. The predicted octanol–water partition coefficient (Wildman–Crippen LogP) is 4.55. The van der Waals surface area contributed by atoms with E-state index < -0.39 is 17.6 Å². The first-order valence-corrected chi connectivity index (χ1v) is 7.43. The van der Waals surface area contributed by atoms with Gasteiger partial charge in [-0.15, -0.1) is 0 Å². The third-order valence-electron chi connectivity index (χ3n) is 3.33. The molecule has 0 saturated heterocycles. The molecule has 0 N–H and O–H groups in total. The molecule has 3 nitrogen and oxygen atoms in total. The van der Waals surface area contributed by atoms with Gasteiger partial charge in [0, 0.05) is 16.0 Å². The minimum Gasteiger partial charge on any atom is -0.284 e. The summed E-state index contributed by atoms with van der Waals surface area (Å²) in [5, 5.41) is -2.63. The molecule has 1 heterocycles. The summed E-state index contributed by atoms with van der Waals surface area (Å²) in [5.74, 6) is 0. The fourth-order valence-corrected chi connectivity index (χ4v) is 2.69. The molecule has 0 saturated carbocycles. The molecule has 0 atom stereocenters. The van der Waals surface area contributed by atoms with Crippen LogP contribution in [0.5, 0.6) is 0 Å². The number of hydrogen-bond acceptors (Lipinski definition) is 2. The van der Waals surface area contributed by atoms with Crippen molar-refractivity contribution >= 4 is 34.1 Å². The maximum Gasteiger partial charge on any atom is 0.348 e. The van der Waals surface area contributed by atoms with E-state index >= 15 is 0 Å². The van der Waals surface area contributed by atoms with E-state index in [9.17, 15) is 13.6 Å². The van der Waals surface area contributed by atoms with Gasteiger partial charge in [0.2, 0.25) is 0 Å². The molecule has 23 heavy (non-hydrogen) atoms. The van der Waals surface area contributed by atoms with Gasteiger partial charge in [0.25, 0.3) is 0 Å². The molecule has 1 aromatic heterocycles. The summed E-state index contributed by atoms with van der Waals surface area (Å²) in [5.41, 5.74) is 0.594. The van der Waals surface area contributed by atoms with Crippen molar-refractivity contribution in [2.24, 2.45) is 0 Å². The molecule has 0 radical (unpaired) electrons. The van der Waals surface area contributed by atoms with Crippen LogP contribution in [0.15, 0.2) is 53.3 Å². The third kappa shape index (κ3) is 3.35. The summed E-state index contributed by atoms with van der Waals surface area (Å²) in [4.78, 5) is 16.2. The molecular weight excluding hydrogens is 345 g/mol. The van der Waals surface area contributed by atoms with Crippen LogP contribution < -0.4 is 5.69 Å². The van der Waals surface area contributed by atoms with Crippen LogP contribution in [-0.2, 0) is 6.54 Å². The number of halogens is 4. The Labute approximate surface area is 140 Å². The smallest absolute Gasteiger partial charge is 0.284 e. The summed E-state index contributed by atoms with van der Waals surface area (Å²) >= 11 is 11.0. The maximum absolute atomic E-state index is 13.2. The molecular formula is C16H10Cl2F2N2O. The molecule has 0 bridgehead atoms. The van der Waals surface area contributed by atoms with E-state index in [0.717, 1.165) is 4.57 Å². The van der Waals surface area contributed by atoms with Crippen molar-refractivity contribution in [3.05, 3.63) is 64.0 Å². The van der Waals surface area contributed by atoms with Crippen LogP contribution in [0.4, 0.5) is 8.78 Å². The van der Waals surface area contributed by atoms with E-state index in [-0.39, 0.29) is 0 Å². The normalized spacial score (nSPS) is 11.8. The standard InChI is InChI=1S/C16H10Cl2F2N2O/c17-11-6-7-13-12(8-11)14(10-4-2-1-3-5-10)21-15(23)22(13)9-16(18,19)20/h1-8H,9H2. The van der Waals surface area contributed by atoms with Crippen LogP contribution in [-0.4, -0.2) is 14.9 Å². The van der Waals surface area contributed by atoms with Crippen LogP contribution in [0.1, 0.15) is 0 Å². The van der Waals surface area contributed by atoms with Crippen LogP contribution in [0.2, 0.25) is 5.02 Å². The number of hydrogen-bond donors (Lipinski definition) is 0. The molecule has 0 aliphatic rings. The zero-order chi connectivity index (χ0) is 16.6. The molecule has 0 aliphatic carbocycles. The summed E-state index contributed by atoms with van der Waals surface area (Å²) in [6.07, 6.45) is 0. The van der Waals surface area contributed by atoms with Crippen molar-refractivity contribution in [3.8, 4) is 11.3 Å². The summed E-state index contributed by atoms with van der Waals surface area (Å²) in [6, 6.07) is 13.6. The van der Waals surface area contributed by atoms with Gasteiger partial charge in [0.05, 0.1) is 11.2 Å². The van der Waals surface area contributed by atoms with Crippen molar-refractivity contribution in [3.63, 3.8) is 0 Å². The lowest BCUT2D eigenvalue weighted by atomic mass is 10.1. The second-order valence-electron chi connectivity index (χ2n) is 4.97. The number of nitrogens with zero attached hydrogens (tertiary/aromatic N) is 2. The Hall–Kier alpha value is -1.98. The van der Waals surface area contributed by atoms with E-state index in [1.165, 1.54) is 12.1 Å². The van der Waals surface area contributed by atoms with Gasteiger partial charge >= 0.3 is 11.1 Å². The number of fused-ring (bicyclic) bond motifs is 1. The quantitative estimate of drug-likeness (QED) is 0.646. The fourth-order valence-electron chi connectivity index (χ4n) is 2.40. The zero-order valence-corrected chi connectivity index (χ0v) is 13.2. The first-order chi connectivity index (χ1) is 10.8. The molecule has 0 aliphatic heterocycles. The van der Waals surface area contributed by atoms with Crippen molar-refractivity contribution < 1.29 is 8.78 Å². The molecule has 3 rings (SSSR count). The maximum atomic E-state index is 13.2. The van der Waals surface area contributed by atoms with E-state index in [2.05, 4.69) is 4.98 Å². The largest absolute Gasteiger partial charge is 0.348 e. The van der Waals surface area contributed by atoms with Gasteiger partial charge in [-0.3, -0.25) is 4.57 Å². The highest BCUT2D eigenvalue weighted by atomic mass is 35.5. The average molecular weight is 355 g/mol.